The summed E-state index contributed by atoms with van der Waals surface area (Å²) in [6.07, 6.45) is 1.52. The maximum atomic E-state index is 13.3. The lowest BCUT2D eigenvalue weighted by molar-refractivity contribution is 0.295. The summed E-state index contributed by atoms with van der Waals surface area (Å²) in [5.41, 5.74) is 5.84. The highest BCUT2D eigenvalue weighted by atomic mass is 19.1. The van der Waals surface area contributed by atoms with Crippen molar-refractivity contribution in [3.63, 3.8) is 0 Å². The molecule has 0 amide bonds. The number of nitrogen functional groups attached to an aromatic ring is 1. The van der Waals surface area contributed by atoms with E-state index in [1.807, 2.05) is 0 Å². The van der Waals surface area contributed by atoms with E-state index in [0.29, 0.717) is 18.0 Å². The van der Waals surface area contributed by atoms with Crippen LogP contribution in [0.5, 0.6) is 5.75 Å². The number of benzene rings is 1. The van der Waals surface area contributed by atoms with Crippen molar-refractivity contribution in [2.24, 2.45) is 0 Å². The second-order valence-corrected chi connectivity index (χ2v) is 4.10. The summed E-state index contributed by atoms with van der Waals surface area (Å²) in [5.74, 6) is -0.329. The highest BCUT2D eigenvalue weighted by Gasteiger charge is 2.03. The number of hydrogen-bond acceptors (Lipinski definition) is 4. The molecule has 2 N–H and O–H groups in total. The normalized spacial score (nSPS) is 10.0. The van der Waals surface area contributed by atoms with E-state index in [-0.39, 0.29) is 17.7 Å². The van der Waals surface area contributed by atoms with Crippen molar-refractivity contribution in [3.8, 4) is 11.8 Å². The summed E-state index contributed by atoms with van der Waals surface area (Å²) < 4.78 is 20.1. The van der Waals surface area contributed by atoms with E-state index in [1.165, 1.54) is 35.0 Å². The molecule has 1 aromatic carbocycles. The minimum absolute atomic E-state index is 0.0376. The highest BCUT2D eigenvalue weighted by Crippen LogP contribution is 2.15. The molecule has 0 bridgehead atoms. The summed E-state index contributed by atoms with van der Waals surface area (Å²) in [5, 5.41) is 8.61. The Bertz CT molecular complexity index is 719. The first-order chi connectivity index (χ1) is 9.60. The first kappa shape index (κ1) is 13.6. The van der Waals surface area contributed by atoms with Crippen LogP contribution < -0.4 is 16.0 Å². The first-order valence-electron chi connectivity index (χ1n) is 5.88. The Kier molecular flexibility index (Phi) is 4.01. The Morgan fingerprint density at radius 3 is 2.85 bits per heavy atom. The lowest BCUT2D eigenvalue weighted by Gasteiger charge is -2.09. The van der Waals surface area contributed by atoms with Crippen molar-refractivity contribution >= 4 is 5.69 Å². The molecule has 20 heavy (non-hydrogen) atoms. The van der Waals surface area contributed by atoms with Gasteiger partial charge in [-0.15, -0.1) is 0 Å². The van der Waals surface area contributed by atoms with Gasteiger partial charge in [0.25, 0.3) is 5.56 Å². The van der Waals surface area contributed by atoms with Gasteiger partial charge in [0.1, 0.15) is 24.2 Å². The van der Waals surface area contributed by atoms with Gasteiger partial charge < -0.3 is 15.0 Å². The molecule has 0 spiro atoms. The van der Waals surface area contributed by atoms with E-state index < -0.39 is 5.82 Å². The summed E-state index contributed by atoms with van der Waals surface area (Å²) in [7, 11) is 0. The van der Waals surface area contributed by atoms with Gasteiger partial charge in [-0.1, -0.05) is 0 Å². The smallest absolute Gasteiger partial charge is 0.250 e. The monoisotopic (exact) mass is 273 g/mol. The third-order valence-corrected chi connectivity index (χ3v) is 2.67. The van der Waals surface area contributed by atoms with Crippen LogP contribution in [0.15, 0.2) is 41.3 Å². The Hall–Kier alpha value is -2.81. The van der Waals surface area contributed by atoms with E-state index in [2.05, 4.69) is 0 Å². The maximum Gasteiger partial charge on any atom is 0.250 e. The van der Waals surface area contributed by atoms with Gasteiger partial charge >= 0.3 is 0 Å². The third kappa shape index (κ3) is 3.14. The molecule has 0 aliphatic rings. The highest BCUT2D eigenvalue weighted by molar-refractivity contribution is 5.36. The van der Waals surface area contributed by atoms with Crippen molar-refractivity contribution < 1.29 is 9.13 Å². The fraction of sp³-hybridized carbons (Fsp3) is 0.143. The van der Waals surface area contributed by atoms with Crippen molar-refractivity contribution in [1.82, 2.24) is 4.57 Å². The number of rotatable bonds is 4. The third-order valence-electron chi connectivity index (χ3n) is 2.67. The van der Waals surface area contributed by atoms with Gasteiger partial charge in [0.15, 0.2) is 0 Å². The van der Waals surface area contributed by atoms with Gasteiger partial charge in [0.05, 0.1) is 12.1 Å². The van der Waals surface area contributed by atoms with Gasteiger partial charge in [0, 0.05) is 24.0 Å². The standard InChI is InChI=1S/C14H12FN3O2/c15-13-7-12(3-1-10(13)8-16)20-6-5-18-9-11(17)2-4-14(18)19/h1-4,7,9H,5-6,17H2. The first-order valence-corrected chi connectivity index (χ1v) is 5.88. The number of halogens is 1. The molecule has 5 nitrogen and oxygen atoms in total. The molecule has 0 unspecified atom stereocenters. The summed E-state index contributed by atoms with van der Waals surface area (Å²) in [4.78, 5) is 11.5. The quantitative estimate of drug-likeness (QED) is 0.915. The molecule has 0 saturated carbocycles. The van der Waals surface area contributed by atoms with Crippen LogP contribution in [0.3, 0.4) is 0 Å². The minimum atomic E-state index is -0.633. The zero-order chi connectivity index (χ0) is 14.5. The van der Waals surface area contributed by atoms with Crippen LogP contribution in [0.2, 0.25) is 0 Å². The summed E-state index contributed by atoms with van der Waals surface area (Å²) in [6.45, 7) is 0.486. The molecule has 0 aliphatic heterocycles. The molecule has 6 heteroatoms. The van der Waals surface area contributed by atoms with Gasteiger partial charge in [-0.2, -0.15) is 5.26 Å². The molecule has 1 heterocycles. The molecule has 0 saturated heterocycles. The lowest BCUT2D eigenvalue weighted by Crippen LogP contribution is -2.22. The average molecular weight is 273 g/mol. The van der Waals surface area contributed by atoms with Gasteiger partial charge in [-0.3, -0.25) is 4.79 Å². The Morgan fingerprint density at radius 2 is 2.15 bits per heavy atom. The van der Waals surface area contributed by atoms with Crippen molar-refractivity contribution in [1.29, 1.82) is 5.26 Å². The minimum Gasteiger partial charge on any atom is -0.492 e. The van der Waals surface area contributed by atoms with Crippen LogP contribution in [-0.2, 0) is 6.54 Å². The molecular formula is C14H12FN3O2. The van der Waals surface area contributed by atoms with Crippen molar-refractivity contribution in [2.45, 2.75) is 6.54 Å². The van der Waals surface area contributed by atoms with E-state index in [1.54, 1.807) is 6.07 Å². The molecule has 0 atom stereocenters. The molecule has 1 aromatic heterocycles. The van der Waals surface area contributed by atoms with E-state index in [9.17, 15) is 9.18 Å². The molecule has 102 valence electrons. The van der Waals surface area contributed by atoms with Gasteiger partial charge in [0.2, 0.25) is 0 Å². The molecule has 2 aromatic rings. The number of nitrogens with zero attached hydrogens (tertiary/aromatic N) is 2. The van der Waals surface area contributed by atoms with Gasteiger partial charge in [-0.25, -0.2) is 4.39 Å². The van der Waals surface area contributed by atoms with Crippen LogP contribution in [0, 0.1) is 17.1 Å². The fourth-order valence-electron chi connectivity index (χ4n) is 1.66. The van der Waals surface area contributed by atoms with E-state index in [4.69, 9.17) is 15.7 Å². The van der Waals surface area contributed by atoms with Crippen molar-refractivity contribution in [3.05, 3.63) is 58.3 Å². The Balaban J connectivity index is 2.00. The Labute approximate surface area is 114 Å². The number of aromatic nitrogens is 1. The molecule has 0 fully saturated rings. The van der Waals surface area contributed by atoms with E-state index in [0.717, 1.165) is 6.07 Å². The number of nitriles is 1. The number of anilines is 1. The molecular weight excluding hydrogens is 261 g/mol. The van der Waals surface area contributed by atoms with E-state index >= 15 is 0 Å². The molecule has 0 radical (unpaired) electrons. The van der Waals surface area contributed by atoms with Crippen LogP contribution in [0.4, 0.5) is 10.1 Å². The predicted octanol–water partition coefficient (Wildman–Crippen LogP) is 1.52. The summed E-state index contributed by atoms with van der Waals surface area (Å²) >= 11 is 0. The zero-order valence-corrected chi connectivity index (χ0v) is 10.5. The summed E-state index contributed by atoms with van der Waals surface area (Å²) in [6, 6.07) is 8.61. The zero-order valence-electron chi connectivity index (χ0n) is 10.5. The van der Waals surface area contributed by atoms with Gasteiger partial charge in [-0.05, 0) is 18.2 Å². The number of pyridine rings is 1. The largest absolute Gasteiger partial charge is 0.492 e. The number of ether oxygens (including phenoxy) is 1. The second-order valence-electron chi connectivity index (χ2n) is 4.10. The average Bonchev–Trinajstić information content (AvgIpc) is 2.43. The van der Waals surface area contributed by atoms with Crippen LogP contribution >= 0.6 is 0 Å². The second kappa shape index (κ2) is 5.89. The fourth-order valence-corrected chi connectivity index (χ4v) is 1.66. The predicted molar refractivity (Wildman–Crippen MR) is 71.7 cm³/mol. The lowest BCUT2D eigenvalue weighted by atomic mass is 10.2. The molecule has 2 rings (SSSR count). The van der Waals surface area contributed by atoms with Crippen molar-refractivity contribution in [2.75, 3.05) is 12.3 Å². The topological polar surface area (TPSA) is 81.0 Å². The SMILES string of the molecule is N#Cc1ccc(OCCn2cc(N)ccc2=O)cc1F. The van der Waals surface area contributed by atoms with Crippen LogP contribution in [0.1, 0.15) is 5.56 Å². The number of hydrogen-bond donors (Lipinski definition) is 1. The van der Waals surface area contributed by atoms with Crippen LogP contribution in [-0.4, -0.2) is 11.2 Å². The molecule has 0 aliphatic carbocycles. The number of nitrogens with two attached hydrogens (primary N) is 1. The van der Waals surface area contributed by atoms with Crippen LogP contribution in [0.25, 0.3) is 0 Å². The maximum absolute atomic E-state index is 13.3. The Morgan fingerprint density at radius 1 is 1.35 bits per heavy atom.